The van der Waals surface area contributed by atoms with Gasteiger partial charge in [0.25, 0.3) is 0 Å². The average molecular weight is 285 g/mol. The minimum absolute atomic E-state index is 0.0876. The van der Waals surface area contributed by atoms with Gasteiger partial charge < -0.3 is 14.9 Å². The van der Waals surface area contributed by atoms with E-state index in [2.05, 4.69) is 18.7 Å². The molecule has 2 unspecified atom stereocenters. The van der Waals surface area contributed by atoms with Gasteiger partial charge in [-0.3, -0.25) is 4.90 Å². The van der Waals surface area contributed by atoms with E-state index in [1.165, 1.54) is 25.7 Å². The Balaban J connectivity index is 2.08. The SMILES string of the molecule is CC1(C)OC(C)(C)C(CN(CCO)C2CCCC2)C1O. The van der Waals surface area contributed by atoms with Crippen molar-refractivity contribution in [2.45, 2.75) is 76.7 Å². The summed E-state index contributed by atoms with van der Waals surface area (Å²) < 4.78 is 6.06. The Morgan fingerprint density at radius 3 is 2.15 bits per heavy atom. The molecule has 2 atom stereocenters. The third-order valence-corrected chi connectivity index (χ3v) is 5.17. The summed E-state index contributed by atoms with van der Waals surface area (Å²) >= 11 is 0. The van der Waals surface area contributed by atoms with Crippen LogP contribution in [0.15, 0.2) is 0 Å². The van der Waals surface area contributed by atoms with Gasteiger partial charge in [-0.2, -0.15) is 0 Å². The monoisotopic (exact) mass is 285 g/mol. The molecule has 1 saturated heterocycles. The summed E-state index contributed by atoms with van der Waals surface area (Å²) in [5, 5.41) is 19.9. The molecule has 0 bridgehead atoms. The molecule has 4 heteroatoms. The normalized spacial score (nSPS) is 33.1. The van der Waals surface area contributed by atoms with E-state index >= 15 is 0 Å². The first-order valence-corrected chi connectivity index (χ1v) is 8.01. The van der Waals surface area contributed by atoms with Crippen molar-refractivity contribution in [1.82, 2.24) is 4.90 Å². The van der Waals surface area contributed by atoms with E-state index in [-0.39, 0.29) is 18.1 Å². The highest BCUT2D eigenvalue weighted by atomic mass is 16.5. The van der Waals surface area contributed by atoms with Crippen molar-refractivity contribution in [2.24, 2.45) is 5.92 Å². The minimum atomic E-state index is -0.491. The van der Waals surface area contributed by atoms with E-state index in [1.54, 1.807) is 0 Å². The van der Waals surface area contributed by atoms with Gasteiger partial charge in [-0.25, -0.2) is 0 Å². The van der Waals surface area contributed by atoms with Crippen molar-refractivity contribution < 1.29 is 14.9 Å². The molecule has 0 aromatic carbocycles. The van der Waals surface area contributed by atoms with Gasteiger partial charge in [0.15, 0.2) is 0 Å². The molecule has 0 spiro atoms. The summed E-state index contributed by atoms with van der Waals surface area (Å²) in [5.74, 6) is 0.0876. The van der Waals surface area contributed by atoms with Gasteiger partial charge in [-0.15, -0.1) is 0 Å². The number of aliphatic hydroxyl groups excluding tert-OH is 2. The zero-order valence-electron chi connectivity index (χ0n) is 13.4. The minimum Gasteiger partial charge on any atom is -0.395 e. The molecule has 2 rings (SSSR count). The molecule has 0 radical (unpaired) electrons. The third-order valence-electron chi connectivity index (χ3n) is 5.17. The summed E-state index contributed by atoms with van der Waals surface area (Å²) in [6.45, 7) is 9.76. The fourth-order valence-corrected chi connectivity index (χ4v) is 4.07. The topological polar surface area (TPSA) is 52.9 Å². The molecule has 2 N–H and O–H groups in total. The average Bonchev–Trinajstić information content (AvgIpc) is 2.89. The first-order chi connectivity index (χ1) is 9.28. The fraction of sp³-hybridized carbons (Fsp3) is 1.00. The number of hydrogen-bond acceptors (Lipinski definition) is 4. The van der Waals surface area contributed by atoms with Crippen LogP contribution in [0.25, 0.3) is 0 Å². The molecule has 1 aliphatic heterocycles. The van der Waals surface area contributed by atoms with E-state index in [4.69, 9.17) is 4.74 Å². The van der Waals surface area contributed by atoms with E-state index in [0.29, 0.717) is 12.6 Å². The lowest BCUT2D eigenvalue weighted by atomic mass is 9.84. The lowest BCUT2D eigenvalue weighted by Gasteiger charge is -2.35. The summed E-state index contributed by atoms with van der Waals surface area (Å²) in [4.78, 5) is 2.37. The van der Waals surface area contributed by atoms with Gasteiger partial charge in [0.2, 0.25) is 0 Å². The first-order valence-electron chi connectivity index (χ1n) is 8.01. The predicted octanol–water partition coefficient (Wildman–Crippen LogP) is 1.79. The molecule has 4 nitrogen and oxygen atoms in total. The van der Waals surface area contributed by atoms with Crippen LogP contribution >= 0.6 is 0 Å². The Bertz CT molecular complexity index is 324. The zero-order valence-corrected chi connectivity index (χ0v) is 13.4. The van der Waals surface area contributed by atoms with Crippen LogP contribution in [-0.2, 0) is 4.74 Å². The Kier molecular flexibility index (Phi) is 4.80. The molecule has 20 heavy (non-hydrogen) atoms. The van der Waals surface area contributed by atoms with Crippen LogP contribution in [0.3, 0.4) is 0 Å². The van der Waals surface area contributed by atoms with Gasteiger partial charge in [0.1, 0.15) is 0 Å². The van der Waals surface area contributed by atoms with Crippen molar-refractivity contribution in [3.63, 3.8) is 0 Å². The highest BCUT2D eigenvalue weighted by Crippen LogP contribution is 2.43. The maximum Gasteiger partial charge on any atom is 0.0896 e. The number of hydrogen-bond donors (Lipinski definition) is 2. The fourth-order valence-electron chi connectivity index (χ4n) is 4.07. The van der Waals surface area contributed by atoms with E-state index in [1.807, 2.05) is 13.8 Å². The maximum absolute atomic E-state index is 10.6. The van der Waals surface area contributed by atoms with Crippen LogP contribution in [0.4, 0.5) is 0 Å². The molecular formula is C16H31NO3. The molecule has 2 aliphatic rings. The molecule has 1 heterocycles. The van der Waals surface area contributed by atoms with E-state index in [0.717, 1.165) is 6.54 Å². The van der Waals surface area contributed by atoms with Crippen molar-refractivity contribution in [3.8, 4) is 0 Å². The lowest BCUT2D eigenvalue weighted by Crippen LogP contribution is -2.47. The van der Waals surface area contributed by atoms with Gasteiger partial charge >= 0.3 is 0 Å². The van der Waals surface area contributed by atoms with Gasteiger partial charge in [-0.05, 0) is 40.5 Å². The van der Waals surface area contributed by atoms with Crippen LogP contribution in [0.2, 0.25) is 0 Å². The molecule has 2 fully saturated rings. The molecule has 0 aromatic heterocycles. The molecular weight excluding hydrogens is 254 g/mol. The number of ether oxygens (including phenoxy) is 1. The molecule has 0 aromatic rings. The van der Waals surface area contributed by atoms with Crippen LogP contribution < -0.4 is 0 Å². The number of nitrogens with zero attached hydrogens (tertiary/aromatic N) is 1. The van der Waals surface area contributed by atoms with Gasteiger partial charge in [0, 0.05) is 25.0 Å². The van der Waals surface area contributed by atoms with Crippen molar-refractivity contribution in [3.05, 3.63) is 0 Å². The van der Waals surface area contributed by atoms with Crippen molar-refractivity contribution >= 4 is 0 Å². The second-order valence-electron chi connectivity index (χ2n) is 7.52. The van der Waals surface area contributed by atoms with Gasteiger partial charge in [-0.1, -0.05) is 12.8 Å². The Morgan fingerprint density at radius 2 is 1.70 bits per heavy atom. The summed E-state index contributed by atoms with van der Waals surface area (Å²) in [6, 6.07) is 0.564. The Labute approximate surface area is 123 Å². The van der Waals surface area contributed by atoms with E-state index in [9.17, 15) is 10.2 Å². The second-order valence-corrected chi connectivity index (χ2v) is 7.52. The quantitative estimate of drug-likeness (QED) is 0.808. The number of aliphatic hydroxyl groups is 2. The molecule has 0 amide bonds. The molecule has 1 saturated carbocycles. The van der Waals surface area contributed by atoms with Crippen molar-refractivity contribution in [2.75, 3.05) is 19.7 Å². The zero-order chi connectivity index (χ0) is 15.0. The molecule has 118 valence electrons. The maximum atomic E-state index is 10.6. The summed E-state index contributed by atoms with van der Waals surface area (Å²) in [6.07, 6.45) is 4.54. The largest absolute Gasteiger partial charge is 0.395 e. The van der Waals surface area contributed by atoms with Crippen LogP contribution in [0.5, 0.6) is 0 Å². The Hall–Kier alpha value is -0.160. The van der Waals surface area contributed by atoms with E-state index < -0.39 is 11.7 Å². The first kappa shape index (κ1) is 16.2. The lowest BCUT2D eigenvalue weighted by molar-refractivity contribution is -0.0916. The van der Waals surface area contributed by atoms with Crippen LogP contribution in [0.1, 0.15) is 53.4 Å². The van der Waals surface area contributed by atoms with Gasteiger partial charge in [0.05, 0.1) is 23.9 Å². The number of rotatable bonds is 5. The summed E-state index contributed by atoms with van der Waals surface area (Å²) in [5.41, 5.74) is -0.816. The smallest absolute Gasteiger partial charge is 0.0896 e. The van der Waals surface area contributed by atoms with Crippen LogP contribution in [-0.4, -0.2) is 58.2 Å². The summed E-state index contributed by atoms with van der Waals surface area (Å²) in [7, 11) is 0. The molecule has 1 aliphatic carbocycles. The van der Waals surface area contributed by atoms with Crippen molar-refractivity contribution in [1.29, 1.82) is 0 Å². The third kappa shape index (κ3) is 3.19. The predicted molar refractivity (Wildman–Crippen MR) is 79.7 cm³/mol. The highest BCUT2D eigenvalue weighted by Gasteiger charge is 2.53. The van der Waals surface area contributed by atoms with Crippen LogP contribution in [0, 0.1) is 5.92 Å². The second kappa shape index (κ2) is 5.91. The standard InChI is InChI=1S/C16H31NO3/c1-15(2)13(14(19)16(3,4)20-15)11-17(9-10-18)12-7-5-6-8-12/h12-14,18-19H,5-11H2,1-4H3. The Morgan fingerprint density at radius 1 is 1.10 bits per heavy atom. The highest BCUT2D eigenvalue weighted by molar-refractivity contribution is 5.02.